The highest BCUT2D eigenvalue weighted by molar-refractivity contribution is 6.34. The van der Waals surface area contributed by atoms with Gasteiger partial charge in [0, 0.05) is 22.8 Å². The SMILES string of the molecule is CCc1cccc(CC)c1-c1nc(Cl)c2c(c(C)cn2-c2ccc(C(C)C)cc2)c1C. The average molecular weight is 431 g/mol. The fourth-order valence-corrected chi connectivity index (χ4v) is 4.94. The van der Waals surface area contributed by atoms with Gasteiger partial charge in [0.15, 0.2) is 5.15 Å². The summed E-state index contributed by atoms with van der Waals surface area (Å²) in [5, 5.41) is 1.76. The highest BCUT2D eigenvalue weighted by Crippen LogP contribution is 2.39. The van der Waals surface area contributed by atoms with E-state index >= 15 is 0 Å². The van der Waals surface area contributed by atoms with Crippen molar-refractivity contribution in [2.24, 2.45) is 0 Å². The van der Waals surface area contributed by atoms with Gasteiger partial charge in [-0.05, 0) is 72.6 Å². The molecule has 0 aliphatic rings. The number of nitrogens with zero attached hydrogens (tertiary/aromatic N) is 2. The number of benzene rings is 2. The fourth-order valence-electron chi connectivity index (χ4n) is 4.67. The molecule has 4 rings (SSSR count). The first kappa shape index (κ1) is 21.6. The number of aryl methyl sites for hydroxylation is 4. The molecule has 0 aliphatic heterocycles. The van der Waals surface area contributed by atoms with Gasteiger partial charge in [-0.25, -0.2) is 4.98 Å². The Hall–Kier alpha value is -2.58. The molecule has 0 radical (unpaired) electrons. The van der Waals surface area contributed by atoms with Crippen molar-refractivity contribution >= 4 is 22.5 Å². The summed E-state index contributed by atoms with van der Waals surface area (Å²) in [6.45, 7) is 13.2. The minimum Gasteiger partial charge on any atom is -0.314 e. The van der Waals surface area contributed by atoms with E-state index in [0.717, 1.165) is 29.7 Å². The van der Waals surface area contributed by atoms with Crippen LogP contribution in [0.15, 0.2) is 48.7 Å². The lowest BCUT2D eigenvalue weighted by molar-refractivity contribution is 0.865. The monoisotopic (exact) mass is 430 g/mol. The molecular formula is C28H31ClN2. The van der Waals surface area contributed by atoms with Crippen LogP contribution in [0.4, 0.5) is 0 Å². The number of fused-ring (bicyclic) bond motifs is 1. The third kappa shape index (κ3) is 3.68. The molecule has 2 aromatic heterocycles. The van der Waals surface area contributed by atoms with E-state index in [4.69, 9.17) is 16.6 Å². The summed E-state index contributed by atoms with van der Waals surface area (Å²) in [7, 11) is 0. The lowest BCUT2D eigenvalue weighted by Crippen LogP contribution is -2.01. The predicted octanol–water partition coefficient (Wildman–Crippen LogP) is 8.21. The Morgan fingerprint density at radius 1 is 0.935 bits per heavy atom. The lowest BCUT2D eigenvalue weighted by Gasteiger charge is -2.17. The van der Waals surface area contributed by atoms with Crippen LogP contribution in [0.2, 0.25) is 5.15 Å². The average Bonchev–Trinajstić information content (AvgIpc) is 3.13. The molecule has 31 heavy (non-hydrogen) atoms. The Kier molecular flexibility index (Phi) is 5.94. The second kappa shape index (κ2) is 8.51. The van der Waals surface area contributed by atoms with Crippen LogP contribution < -0.4 is 0 Å². The smallest absolute Gasteiger partial charge is 0.154 e. The summed E-state index contributed by atoms with van der Waals surface area (Å²) in [5.41, 5.74) is 10.8. The molecule has 0 aliphatic carbocycles. The molecule has 4 aromatic rings. The van der Waals surface area contributed by atoms with E-state index in [9.17, 15) is 0 Å². The Morgan fingerprint density at radius 3 is 2.10 bits per heavy atom. The minimum atomic E-state index is 0.513. The third-order valence-corrected chi connectivity index (χ3v) is 6.67. The number of aromatic nitrogens is 2. The van der Waals surface area contributed by atoms with Gasteiger partial charge in [-0.3, -0.25) is 0 Å². The van der Waals surface area contributed by atoms with Gasteiger partial charge in [0.2, 0.25) is 0 Å². The van der Waals surface area contributed by atoms with E-state index in [1.54, 1.807) is 0 Å². The zero-order chi connectivity index (χ0) is 22.3. The van der Waals surface area contributed by atoms with Crippen molar-refractivity contribution < 1.29 is 0 Å². The molecule has 2 aromatic carbocycles. The molecular weight excluding hydrogens is 400 g/mol. The number of hydrogen-bond acceptors (Lipinski definition) is 1. The molecule has 3 heteroatoms. The van der Waals surface area contributed by atoms with Crippen molar-refractivity contribution in [1.29, 1.82) is 0 Å². The number of rotatable bonds is 5. The topological polar surface area (TPSA) is 17.8 Å². The molecule has 0 amide bonds. The summed E-state index contributed by atoms with van der Waals surface area (Å²) in [6, 6.07) is 15.3. The van der Waals surface area contributed by atoms with Crippen LogP contribution >= 0.6 is 11.6 Å². The molecule has 0 bridgehead atoms. The van der Waals surface area contributed by atoms with E-state index < -0.39 is 0 Å². The van der Waals surface area contributed by atoms with E-state index in [-0.39, 0.29) is 0 Å². The standard InChI is InChI=1S/C28H31ClN2/c1-7-20-10-9-11-21(8-2)25(20)26-19(6)24-18(5)16-31(27(24)28(29)30-26)23-14-12-22(13-15-23)17(3)4/h9-17H,7-8H2,1-6H3. The van der Waals surface area contributed by atoms with Crippen LogP contribution in [0.3, 0.4) is 0 Å². The van der Waals surface area contributed by atoms with Crippen LogP contribution in [0, 0.1) is 13.8 Å². The van der Waals surface area contributed by atoms with Crippen molar-refractivity contribution in [3.63, 3.8) is 0 Å². The molecule has 0 unspecified atom stereocenters. The maximum atomic E-state index is 6.89. The first-order chi connectivity index (χ1) is 14.9. The molecule has 160 valence electrons. The van der Waals surface area contributed by atoms with Gasteiger partial charge in [-0.15, -0.1) is 0 Å². The maximum Gasteiger partial charge on any atom is 0.154 e. The molecule has 0 N–H and O–H groups in total. The fraction of sp³-hybridized carbons (Fsp3) is 0.321. The Labute approximate surface area is 190 Å². The highest BCUT2D eigenvalue weighted by Gasteiger charge is 2.21. The molecule has 0 atom stereocenters. The first-order valence-electron chi connectivity index (χ1n) is 11.3. The minimum absolute atomic E-state index is 0.513. The van der Waals surface area contributed by atoms with Crippen molar-refractivity contribution in [2.45, 2.75) is 60.3 Å². The van der Waals surface area contributed by atoms with Gasteiger partial charge in [-0.2, -0.15) is 0 Å². The van der Waals surface area contributed by atoms with Crippen molar-refractivity contribution in [2.75, 3.05) is 0 Å². The largest absolute Gasteiger partial charge is 0.314 e. The van der Waals surface area contributed by atoms with Gasteiger partial charge in [0.25, 0.3) is 0 Å². The quantitative estimate of drug-likeness (QED) is 0.291. The first-order valence-corrected chi connectivity index (χ1v) is 11.6. The zero-order valence-electron chi connectivity index (χ0n) is 19.4. The van der Waals surface area contributed by atoms with Gasteiger partial charge in [0.1, 0.15) is 0 Å². The van der Waals surface area contributed by atoms with Crippen molar-refractivity contribution in [3.8, 4) is 16.9 Å². The third-order valence-electron chi connectivity index (χ3n) is 6.40. The van der Waals surface area contributed by atoms with Gasteiger partial charge < -0.3 is 4.57 Å². The predicted molar refractivity (Wildman–Crippen MR) is 134 cm³/mol. The van der Waals surface area contributed by atoms with E-state index in [1.165, 1.54) is 38.8 Å². The highest BCUT2D eigenvalue weighted by atomic mass is 35.5. The van der Waals surface area contributed by atoms with Gasteiger partial charge in [0.05, 0.1) is 11.2 Å². The van der Waals surface area contributed by atoms with E-state index in [2.05, 4.69) is 94.8 Å². The van der Waals surface area contributed by atoms with Gasteiger partial charge >= 0.3 is 0 Å². The Balaban J connectivity index is 1.97. The summed E-state index contributed by atoms with van der Waals surface area (Å²) in [4.78, 5) is 4.98. The van der Waals surface area contributed by atoms with Crippen molar-refractivity contribution in [1.82, 2.24) is 9.55 Å². The molecule has 2 heterocycles. The molecule has 0 fully saturated rings. The van der Waals surface area contributed by atoms with Crippen LogP contribution in [0.25, 0.3) is 27.8 Å². The summed E-state index contributed by atoms with van der Waals surface area (Å²) in [6.07, 6.45) is 4.14. The maximum absolute atomic E-state index is 6.89. The normalized spacial score (nSPS) is 11.6. The number of pyridine rings is 1. The second-order valence-corrected chi connectivity index (χ2v) is 9.04. The molecule has 0 saturated carbocycles. The number of hydrogen-bond donors (Lipinski definition) is 0. The second-order valence-electron chi connectivity index (χ2n) is 8.69. The lowest BCUT2D eigenvalue weighted by atomic mass is 9.91. The Bertz CT molecular complexity index is 1220. The van der Waals surface area contributed by atoms with Crippen LogP contribution in [-0.4, -0.2) is 9.55 Å². The molecule has 0 spiro atoms. The summed E-state index contributed by atoms with van der Waals surface area (Å²) >= 11 is 6.89. The number of halogens is 1. The zero-order valence-corrected chi connectivity index (χ0v) is 20.1. The van der Waals surface area contributed by atoms with Crippen LogP contribution in [0.1, 0.15) is 61.4 Å². The Morgan fingerprint density at radius 2 is 1.55 bits per heavy atom. The van der Waals surface area contributed by atoms with Crippen LogP contribution in [0.5, 0.6) is 0 Å². The van der Waals surface area contributed by atoms with Crippen molar-refractivity contribution in [3.05, 3.63) is 81.6 Å². The summed E-state index contributed by atoms with van der Waals surface area (Å²) in [5.74, 6) is 0.513. The summed E-state index contributed by atoms with van der Waals surface area (Å²) < 4.78 is 2.19. The van der Waals surface area contributed by atoms with E-state index in [1.807, 2.05) is 0 Å². The molecule has 2 nitrogen and oxygen atoms in total. The van der Waals surface area contributed by atoms with E-state index in [0.29, 0.717) is 11.1 Å². The van der Waals surface area contributed by atoms with Crippen LogP contribution in [-0.2, 0) is 12.8 Å². The van der Waals surface area contributed by atoms with Gasteiger partial charge in [-0.1, -0.05) is 69.6 Å². The molecule has 0 saturated heterocycles.